The van der Waals surface area contributed by atoms with Crippen molar-refractivity contribution in [3.63, 3.8) is 0 Å². The van der Waals surface area contributed by atoms with Crippen LogP contribution in [0.5, 0.6) is 0 Å². The molecule has 1 atom stereocenters. The Morgan fingerprint density at radius 2 is 1.58 bits per heavy atom. The second kappa shape index (κ2) is 9.18. The first kappa shape index (κ1) is 20.9. The zero-order valence-corrected chi connectivity index (χ0v) is 18.3. The molecule has 6 heteroatoms. The lowest BCUT2D eigenvalue weighted by Gasteiger charge is -2.21. The molecule has 4 aromatic rings. The quantitative estimate of drug-likeness (QED) is 0.328. The summed E-state index contributed by atoms with van der Waals surface area (Å²) in [5, 5.41) is 1.11. The van der Waals surface area contributed by atoms with Gasteiger partial charge in [0.1, 0.15) is 0 Å². The van der Waals surface area contributed by atoms with Crippen molar-refractivity contribution in [2.75, 3.05) is 17.7 Å². The van der Waals surface area contributed by atoms with Crippen LogP contribution in [0.25, 0.3) is 10.9 Å². The van der Waals surface area contributed by atoms with E-state index in [1.54, 1.807) is 22.6 Å². The van der Waals surface area contributed by atoms with Crippen LogP contribution in [0.3, 0.4) is 0 Å². The number of para-hydroxylation sites is 2. The first-order valence-electron chi connectivity index (χ1n) is 10.1. The highest BCUT2D eigenvalue weighted by Gasteiger charge is 2.20. The molecule has 0 aliphatic rings. The van der Waals surface area contributed by atoms with E-state index in [9.17, 15) is 9.59 Å². The van der Waals surface area contributed by atoms with Gasteiger partial charge in [-0.3, -0.25) is 14.2 Å². The molecule has 0 radical (unpaired) electrons. The van der Waals surface area contributed by atoms with E-state index in [-0.39, 0.29) is 23.3 Å². The van der Waals surface area contributed by atoms with Gasteiger partial charge in [0.05, 0.1) is 22.7 Å². The Labute approximate surface area is 185 Å². The molecule has 0 aliphatic heterocycles. The maximum absolute atomic E-state index is 13.4. The molecule has 0 saturated heterocycles. The number of hydrogen-bond acceptors (Lipinski definition) is 4. The Morgan fingerprint density at radius 1 is 0.968 bits per heavy atom. The van der Waals surface area contributed by atoms with Gasteiger partial charge in [0.2, 0.25) is 5.91 Å². The topological polar surface area (TPSA) is 55.2 Å². The van der Waals surface area contributed by atoms with E-state index in [1.165, 1.54) is 11.8 Å². The Morgan fingerprint density at radius 3 is 2.29 bits per heavy atom. The third-order valence-corrected chi connectivity index (χ3v) is 6.22. The van der Waals surface area contributed by atoms with Crippen molar-refractivity contribution in [3.05, 3.63) is 101 Å². The molecule has 3 aromatic carbocycles. The number of benzene rings is 3. The van der Waals surface area contributed by atoms with Crippen LogP contribution in [0.1, 0.15) is 18.5 Å². The summed E-state index contributed by atoms with van der Waals surface area (Å²) in [5.74, 6) is 0.120. The zero-order valence-electron chi connectivity index (χ0n) is 17.4. The maximum atomic E-state index is 13.4. The first-order chi connectivity index (χ1) is 15.1. The van der Waals surface area contributed by atoms with Crippen molar-refractivity contribution in [2.24, 2.45) is 0 Å². The number of fused-ring (bicyclic) bond motifs is 1. The van der Waals surface area contributed by atoms with Crippen LogP contribution in [-0.4, -0.2) is 28.3 Å². The van der Waals surface area contributed by atoms with Gasteiger partial charge in [-0.05, 0) is 36.8 Å². The number of carbonyl (C=O) groups is 1. The van der Waals surface area contributed by atoms with Gasteiger partial charge in [0.15, 0.2) is 5.16 Å². The Bertz CT molecular complexity index is 1260. The zero-order chi connectivity index (χ0) is 21.8. The molecule has 1 unspecified atom stereocenters. The van der Waals surface area contributed by atoms with Gasteiger partial charge in [-0.15, -0.1) is 0 Å². The van der Waals surface area contributed by atoms with E-state index < -0.39 is 0 Å². The molecule has 0 fully saturated rings. The summed E-state index contributed by atoms with van der Waals surface area (Å²) in [7, 11) is 1.76. The van der Waals surface area contributed by atoms with E-state index in [4.69, 9.17) is 4.98 Å². The van der Waals surface area contributed by atoms with E-state index in [0.29, 0.717) is 16.1 Å². The molecule has 0 aliphatic carbocycles. The number of thioether (sulfide) groups is 1. The van der Waals surface area contributed by atoms with Crippen molar-refractivity contribution in [1.82, 2.24) is 9.55 Å². The van der Waals surface area contributed by atoms with Gasteiger partial charge in [0, 0.05) is 12.7 Å². The van der Waals surface area contributed by atoms with Crippen LogP contribution in [0.4, 0.5) is 5.69 Å². The average Bonchev–Trinajstić information content (AvgIpc) is 2.83. The van der Waals surface area contributed by atoms with Crippen molar-refractivity contribution < 1.29 is 4.79 Å². The molecule has 1 aromatic heterocycles. The molecule has 4 rings (SSSR count). The fourth-order valence-electron chi connectivity index (χ4n) is 3.47. The van der Waals surface area contributed by atoms with Crippen LogP contribution in [0.2, 0.25) is 0 Å². The molecule has 1 heterocycles. The lowest BCUT2D eigenvalue weighted by molar-refractivity contribution is -0.115. The highest BCUT2D eigenvalue weighted by molar-refractivity contribution is 7.99. The molecule has 156 valence electrons. The van der Waals surface area contributed by atoms with E-state index in [2.05, 4.69) is 0 Å². The summed E-state index contributed by atoms with van der Waals surface area (Å²) < 4.78 is 1.69. The Kier molecular flexibility index (Phi) is 6.18. The lowest BCUT2D eigenvalue weighted by Crippen LogP contribution is -2.30. The third-order valence-electron chi connectivity index (χ3n) is 5.29. The van der Waals surface area contributed by atoms with Gasteiger partial charge in [-0.2, -0.15) is 0 Å². The van der Waals surface area contributed by atoms with Gasteiger partial charge < -0.3 is 4.90 Å². The van der Waals surface area contributed by atoms with Crippen LogP contribution in [0, 0.1) is 0 Å². The average molecular weight is 430 g/mol. The summed E-state index contributed by atoms with van der Waals surface area (Å²) in [4.78, 5) is 32.5. The molecular formula is C25H23N3O2S. The molecule has 0 bridgehead atoms. The minimum atomic E-state index is -0.213. The summed E-state index contributed by atoms with van der Waals surface area (Å²) in [6.07, 6.45) is 0. The number of rotatable bonds is 6. The van der Waals surface area contributed by atoms with Crippen molar-refractivity contribution in [3.8, 4) is 0 Å². The SMILES string of the molecule is CC(c1ccccc1)n1c(SCC(=O)N(C)c2ccccc2)nc2ccccc2c1=O. The monoisotopic (exact) mass is 429 g/mol. The van der Waals surface area contributed by atoms with Crippen LogP contribution >= 0.6 is 11.8 Å². The van der Waals surface area contributed by atoms with Gasteiger partial charge in [-0.1, -0.05) is 72.4 Å². The third kappa shape index (κ3) is 4.39. The number of aromatic nitrogens is 2. The van der Waals surface area contributed by atoms with Crippen LogP contribution < -0.4 is 10.5 Å². The van der Waals surface area contributed by atoms with E-state index in [1.807, 2.05) is 85.8 Å². The standard InChI is InChI=1S/C25H23N3O2S/c1-18(19-11-5-3-6-12-19)28-24(30)21-15-9-10-16-22(21)26-25(28)31-17-23(29)27(2)20-13-7-4-8-14-20/h3-16,18H,17H2,1-2H3. The first-order valence-corrected chi connectivity index (χ1v) is 11.1. The number of amides is 1. The van der Waals surface area contributed by atoms with Gasteiger partial charge >= 0.3 is 0 Å². The second-order valence-corrected chi connectivity index (χ2v) is 8.19. The number of anilines is 1. The number of carbonyl (C=O) groups excluding carboxylic acids is 1. The normalized spacial score (nSPS) is 11.9. The van der Waals surface area contributed by atoms with E-state index >= 15 is 0 Å². The second-order valence-electron chi connectivity index (χ2n) is 7.25. The Balaban J connectivity index is 1.69. The van der Waals surface area contributed by atoms with Crippen molar-refractivity contribution in [2.45, 2.75) is 18.1 Å². The van der Waals surface area contributed by atoms with E-state index in [0.717, 1.165) is 11.3 Å². The number of hydrogen-bond donors (Lipinski definition) is 0. The maximum Gasteiger partial charge on any atom is 0.262 e. The van der Waals surface area contributed by atoms with Gasteiger partial charge in [0.25, 0.3) is 5.56 Å². The lowest BCUT2D eigenvalue weighted by atomic mass is 10.1. The smallest absolute Gasteiger partial charge is 0.262 e. The molecule has 31 heavy (non-hydrogen) atoms. The van der Waals surface area contributed by atoms with Crippen molar-refractivity contribution in [1.29, 1.82) is 0 Å². The number of nitrogens with zero attached hydrogens (tertiary/aromatic N) is 3. The molecule has 5 nitrogen and oxygen atoms in total. The molecule has 0 saturated carbocycles. The summed E-state index contributed by atoms with van der Waals surface area (Å²) in [6.45, 7) is 1.98. The summed E-state index contributed by atoms with van der Waals surface area (Å²) >= 11 is 1.29. The summed E-state index contributed by atoms with van der Waals surface area (Å²) in [6, 6.07) is 26.5. The predicted octanol–water partition coefficient (Wildman–Crippen LogP) is 4.76. The Hall–Kier alpha value is -3.38. The van der Waals surface area contributed by atoms with Crippen LogP contribution in [-0.2, 0) is 4.79 Å². The highest BCUT2D eigenvalue weighted by Crippen LogP contribution is 2.25. The largest absolute Gasteiger partial charge is 0.315 e. The minimum absolute atomic E-state index is 0.0579. The van der Waals surface area contributed by atoms with Crippen LogP contribution in [0.15, 0.2) is 94.9 Å². The minimum Gasteiger partial charge on any atom is -0.315 e. The molecule has 0 spiro atoms. The summed E-state index contributed by atoms with van der Waals surface area (Å²) in [5.41, 5.74) is 2.37. The fourth-order valence-corrected chi connectivity index (χ4v) is 4.46. The molecule has 1 amide bonds. The van der Waals surface area contributed by atoms with Gasteiger partial charge in [-0.25, -0.2) is 4.98 Å². The fraction of sp³-hybridized carbons (Fsp3) is 0.160. The molecule has 0 N–H and O–H groups in total. The highest BCUT2D eigenvalue weighted by atomic mass is 32.2. The molecular weight excluding hydrogens is 406 g/mol. The predicted molar refractivity (Wildman–Crippen MR) is 127 cm³/mol. The van der Waals surface area contributed by atoms with Crippen molar-refractivity contribution >= 4 is 34.3 Å².